The highest BCUT2D eigenvalue weighted by Gasteiger charge is 2.21. The molecule has 5 nitrogen and oxygen atoms in total. The fourth-order valence-electron chi connectivity index (χ4n) is 4.31. The summed E-state index contributed by atoms with van der Waals surface area (Å²) in [4.78, 5) is 14.1. The summed E-state index contributed by atoms with van der Waals surface area (Å²) in [6, 6.07) is 14.5. The zero-order chi connectivity index (χ0) is 25.5. The molecule has 1 amide bonds. The second-order valence-corrected chi connectivity index (χ2v) is 8.52. The third-order valence-electron chi connectivity index (χ3n) is 6.34. The molecule has 0 bridgehead atoms. The molecule has 0 radical (unpaired) electrons. The molecule has 2 atom stereocenters. The Labute approximate surface area is 207 Å². The molecule has 1 aliphatic rings. The van der Waals surface area contributed by atoms with Crippen molar-refractivity contribution in [2.75, 3.05) is 33.9 Å². The molecule has 0 fully saturated rings. The Morgan fingerprint density at radius 3 is 2.53 bits per heavy atom. The van der Waals surface area contributed by atoms with Crippen molar-refractivity contribution < 1.29 is 14.6 Å². The van der Waals surface area contributed by atoms with Gasteiger partial charge in [0.1, 0.15) is 5.75 Å². The number of fused-ring (bicyclic) bond motifs is 1. The fourth-order valence-corrected chi connectivity index (χ4v) is 4.31. The van der Waals surface area contributed by atoms with Gasteiger partial charge < -0.3 is 20.5 Å². The first kappa shape index (κ1) is 29.7. The summed E-state index contributed by atoms with van der Waals surface area (Å²) in [6.07, 6.45) is 5.60. The molecule has 34 heavy (non-hydrogen) atoms. The molecular formula is C29H46N2O3. The smallest absolute Gasteiger partial charge is 0.253 e. The second-order valence-electron chi connectivity index (χ2n) is 8.52. The van der Waals surface area contributed by atoms with E-state index in [9.17, 15) is 4.79 Å². The molecule has 2 aromatic rings. The number of hydrogen-bond acceptors (Lipinski definition) is 4. The topological polar surface area (TPSA) is 75.8 Å². The Bertz CT molecular complexity index is 853. The predicted molar refractivity (Wildman–Crippen MR) is 143 cm³/mol. The third-order valence-corrected chi connectivity index (χ3v) is 6.34. The molecule has 1 aliphatic carbocycles. The second kappa shape index (κ2) is 16.3. The van der Waals surface area contributed by atoms with Crippen LogP contribution in [-0.2, 0) is 12.8 Å². The maximum absolute atomic E-state index is 12.4. The molecule has 0 aliphatic heterocycles. The molecular weight excluding hydrogens is 424 g/mol. The van der Waals surface area contributed by atoms with Crippen LogP contribution in [0.5, 0.6) is 5.75 Å². The molecule has 2 aromatic carbocycles. The largest absolute Gasteiger partial charge is 0.493 e. The van der Waals surface area contributed by atoms with Gasteiger partial charge >= 0.3 is 0 Å². The number of nitrogens with zero attached hydrogens (tertiary/aromatic N) is 1. The van der Waals surface area contributed by atoms with E-state index >= 15 is 0 Å². The van der Waals surface area contributed by atoms with E-state index in [-0.39, 0.29) is 5.91 Å². The van der Waals surface area contributed by atoms with Gasteiger partial charge in [-0.1, -0.05) is 51.5 Å². The lowest BCUT2D eigenvalue weighted by Crippen LogP contribution is -2.26. The molecule has 190 valence electrons. The van der Waals surface area contributed by atoms with Crippen molar-refractivity contribution in [2.45, 2.75) is 65.7 Å². The number of aliphatic hydroxyl groups is 1. The summed E-state index contributed by atoms with van der Waals surface area (Å²) in [5, 5.41) is 7.00. The van der Waals surface area contributed by atoms with Gasteiger partial charge in [0, 0.05) is 26.3 Å². The predicted octanol–water partition coefficient (Wildman–Crippen LogP) is 5.44. The number of amides is 1. The Balaban J connectivity index is 0.00000137. The minimum Gasteiger partial charge on any atom is -0.493 e. The fraction of sp³-hybridized carbons (Fsp3) is 0.552. The summed E-state index contributed by atoms with van der Waals surface area (Å²) < 4.78 is 6.09. The summed E-state index contributed by atoms with van der Waals surface area (Å²) >= 11 is 0. The molecule has 2 unspecified atom stereocenters. The first-order valence-electron chi connectivity index (χ1n) is 12.8. The average Bonchev–Trinajstić information content (AvgIpc) is 2.91. The summed E-state index contributed by atoms with van der Waals surface area (Å²) in [5.74, 6) is 1.78. The van der Waals surface area contributed by atoms with Crippen molar-refractivity contribution in [1.82, 2.24) is 4.90 Å². The number of carbonyl (C=O) groups is 1. The first-order valence-corrected chi connectivity index (χ1v) is 12.8. The Hall–Kier alpha value is -2.37. The zero-order valence-electron chi connectivity index (χ0n) is 22.1. The van der Waals surface area contributed by atoms with Crippen LogP contribution in [-0.4, -0.2) is 49.8 Å². The van der Waals surface area contributed by atoms with Crippen LogP contribution in [0.2, 0.25) is 0 Å². The van der Waals surface area contributed by atoms with E-state index in [1.54, 1.807) is 4.90 Å². The highest BCUT2D eigenvalue weighted by atomic mass is 16.5. The molecule has 3 N–H and O–H groups in total. The van der Waals surface area contributed by atoms with E-state index in [1.807, 2.05) is 52.1 Å². The maximum Gasteiger partial charge on any atom is 0.253 e. The van der Waals surface area contributed by atoms with Crippen LogP contribution in [0, 0.1) is 5.92 Å². The van der Waals surface area contributed by atoms with Gasteiger partial charge in [-0.05, 0) is 85.9 Å². The maximum atomic E-state index is 12.4. The van der Waals surface area contributed by atoms with Crippen molar-refractivity contribution in [3.8, 4) is 5.75 Å². The van der Waals surface area contributed by atoms with Crippen LogP contribution < -0.4 is 10.5 Å². The van der Waals surface area contributed by atoms with Crippen molar-refractivity contribution in [1.29, 1.82) is 0 Å². The lowest BCUT2D eigenvalue weighted by molar-refractivity contribution is 0.0802. The number of hydrogen-bond donors (Lipinski definition) is 2. The highest BCUT2D eigenvalue weighted by molar-refractivity contribution is 5.94. The van der Waals surface area contributed by atoms with E-state index < -0.39 is 0 Å². The summed E-state index contributed by atoms with van der Waals surface area (Å²) in [6.45, 7) is 10.3. The number of nitrogens with two attached hydrogens (primary N) is 1. The number of benzene rings is 2. The van der Waals surface area contributed by atoms with Gasteiger partial charge in [0.25, 0.3) is 5.91 Å². The third kappa shape index (κ3) is 8.44. The van der Waals surface area contributed by atoms with Crippen molar-refractivity contribution >= 4 is 5.91 Å². The lowest BCUT2D eigenvalue weighted by atomic mass is 9.82. The molecule has 0 saturated heterocycles. The van der Waals surface area contributed by atoms with Crippen molar-refractivity contribution in [3.05, 3.63) is 64.7 Å². The SMILES string of the molecule is CC.CCCC(CN)c1ccc2c(c1)CCC(COc1cccc(C(=O)N(C)CC)c1)C2.CO. The van der Waals surface area contributed by atoms with Gasteiger partial charge in [-0.15, -0.1) is 0 Å². The molecule has 3 rings (SSSR count). The molecule has 0 spiro atoms. The standard InChI is InChI=1S/C26H36N2O2.C2H6.CH4O/c1-4-7-24(17-27)22-13-12-20-14-19(10-11-21(20)15-22)18-30-25-9-6-8-23(16-25)26(29)28(3)5-2;2*1-2/h6,8-9,12-13,15-16,19,24H,4-5,7,10-11,14,17-18,27H2,1-3H3;1-2H3;2H,1H3. The van der Waals surface area contributed by atoms with Crippen LogP contribution in [0.3, 0.4) is 0 Å². The number of ether oxygens (including phenoxy) is 1. The van der Waals surface area contributed by atoms with Gasteiger partial charge in [-0.3, -0.25) is 4.79 Å². The lowest BCUT2D eigenvalue weighted by Gasteiger charge is -2.26. The van der Waals surface area contributed by atoms with Crippen LogP contribution in [0.1, 0.15) is 79.9 Å². The minimum atomic E-state index is 0.0317. The zero-order valence-corrected chi connectivity index (χ0v) is 22.1. The normalized spacial score (nSPS) is 15.0. The summed E-state index contributed by atoms with van der Waals surface area (Å²) in [7, 11) is 2.82. The monoisotopic (exact) mass is 470 g/mol. The van der Waals surface area contributed by atoms with E-state index in [4.69, 9.17) is 15.6 Å². The van der Waals surface area contributed by atoms with E-state index in [0.717, 1.165) is 45.1 Å². The van der Waals surface area contributed by atoms with E-state index in [2.05, 4.69) is 25.1 Å². The van der Waals surface area contributed by atoms with E-state index in [0.29, 0.717) is 30.6 Å². The number of aryl methyl sites for hydroxylation is 1. The van der Waals surface area contributed by atoms with E-state index in [1.165, 1.54) is 23.1 Å². The Kier molecular flexibility index (Phi) is 14.2. The van der Waals surface area contributed by atoms with Crippen LogP contribution >= 0.6 is 0 Å². The van der Waals surface area contributed by atoms with Gasteiger partial charge in [0.2, 0.25) is 0 Å². The number of aliphatic hydroxyl groups excluding tert-OH is 1. The van der Waals surface area contributed by atoms with Crippen LogP contribution in [0.25, 0.3) is 0 Å². The van der Waals surface area contributed by atoms with Crippen LogP contribution in [0.15, 0.2) is 42.5 Å². The Morgan fingerprint density at radius 1 is 1.15 bits per heavy atom. The van der Waals surface area contributed by atoms with Crippen LogP contribution in [0.4, 0.5) is 0 Å². The summed E-state index contributed by atoms with van der Waals surface area (Å²) in [5.41, 5.74) is 11.0. The van der Waals surface area contributed by atoms with Gasteiger partial charge in [0.15, 0.2) is 0 Å². The van der Waals surface area contributed by atoms with Gasteiger partial charge in [-0.2, -0.15) is 0 Å². The van der Waals surface area contributed by atoms with Gasteiger partial charge in [0.05, 0.1) is 6.61 Å². The number of rotatable bonds is 9. The average molecular weight is 471 g/mol. The quantitative estimate of drug-likeness (QED) is 0.512. The first-order chi connectivity index (χ1) is 16.5. The van der Waals surface area contributed by atoms with Gasteiger partial charge in [-0.25, -0.2) is 0 Å². The molecule has 0 heterocycles. The highest BCUT2D eigenvalue weighted by Crippen LogP contribution is 2.30. The minimum absolute atomic E-state index is 0.0317. The molecule has 0 aromatic heterocycles. The molecule has 0 saturated carbocycles. The van der Waals surface area contributed by atoms with Crippen molar-refractivity contribution in [3.63, 3.8) is 0 Å². The Morgan fingerprint density at radius 2 is 1.88 bits per heavy atom. The number of carbonyl (C=O) groups excluding carboxylic acids is 1. The van der Waals surface area contributed by atoms with Crippen molar-refractivity contribution in [2.24, 2.45) is 11.7 Å². The molecule has 5 heteroatoms.